The van der Waals surface area contributed by atoms with Gasteiger partial charge < -0.3 is 14.8 Å². The molecule has 3 nitrogen and oxygen atoms in total. The lowest BCUT2D eigenvalue weighted by Crippen LogP contribution is -2.53. The Bertz CT molecular complexity index is 318. The van der Waals surface area contributed by atoms with Crippen molar-refractivity contribution in [2.24, 2.45) is 11.8 Å². The van der Waals surface area contributed by atoms with Gasteiger partial charge in [-0.2, -0.15) is 0 Å². The fourth-order valence-corrected chi connectivity index (χ4v) is 4.76. The van der Waals surface area contributed by atoms with Crippen LogP contribution in [0.15, 0.2) is 0 Å². The third kappa shape index (κ3) is 3.62. The van der Waals surface area contributed by atoms with Crippen LogP contribution < -0.4 is 5.32 Å². The standard InChI is InChI=1S/C18H33NO2/c1-3-19-16(17(20-2)14-7-8-14)15-9-12-21-18(13-15)10-5-4-6-11-18/h14-17,19H,3-13H2,1-2H3. The number of hydrogen-bond acceptors (Lipinski definition) is 3. The lowest BCUT2D eigenvalue weighted by Gasteiger charge is -2.47. The van der Waals surface area contributed by atoms with Gasteiger partial charge in [0.1, 0.15) is 0 Å². The molecule has 3 heteroatoms. The van der Waals surface area contributed by atoms with Crippen LogP contribution in [0.4, 0.5) is 0 Å². The van der Waals surface area contributed by atoms with E-state index in [0.717, 1.165) is 25.0 Å². The second-order valence-corrected chi connectivity index (χ2v) is 7.47. The van der Waals surface area contributed by atoms with Crippen LogP contribution in [-0.2, 0) is 9.47 Å². The lowest BCUT2D eigenvalue weighted by molar-refractivity contribution is -0.129. The van der Waals surface area contributed by atoms with Crippen molar-refractivity contribution in [3.8, 4) is 0 Å². The van der Waals surface area contributed by atoms with Crippen molar-refractivity contribution in [1.29, 1.82) is 0 Å². The molecule has 3 aliphatic rings. The quantitative estimate of drug-likeness (QED) is 0.813. The van der Waals surface area contributed by atoms with E-state index in [1.807, 2.05) is 7.11 Å². The molecular weight excluding hydrogens is 262 g/mol. The molecule has 0 amide bonds. The summed E-state index contributed by atoms with van der Waals surface area (Å²) in [5.41, 5.74) is 0.205. The SMILES string of the molecule is CCNC(C1CCOC2(CCCCC2)C1)C(OC)C1CC1. The van der Waals surface area contributed by atoms with Crippen LogP contribution in [-0.4, -0.2) is 38.0 Å². The highest BCUT2D eigenvalue weighted by Crippen LogP contribution is 2.44. The summed E-state index contributed by atoms with van der Waals surface area (Å²) in [4.78, 5) is 0. The molecule has 0 radical (unpaired) electrons. The van der Waals surface area contributed by atoms with Gasteiger partial charge in [-0.15, -0.1) is 0 Å². The van der Waals surface area contributed by atoms with Gasteiger partial charge in [0.2, 0.25) is 0 Å². The minimum absolute atomic E-state index is 0.205. The summed E-state index contributed by atoms with van der Waals surface area (Å²) in [5, 5.41) is 3.77. The normalized spacial score (nSPS) is 32.0. The molecule has 2 aliphatic carbocycles. The van der Waals surface area contributed by atoms with E-state index in [9.17, 15) is 0 Å². The first kappa shape index (κ1) is 15.8. The van der Waals surface area contributed by atoms with Crippen LogP contribution in [0.1, 0.15) is 64.7 Å². The minimum atomic E-state index is 0.205. The van der Waals surface area contributed by atoms with Crippen LogP contribution in [0.2, 0.25) is 0 Å². The highest BCUT2D eigenvalue weighted by atomic mass is 16.5. The van der Waals surface area contributed by atoms with Gasteiger partial charge in [0.25, 0.3) is 0 Å². The average Bonchev–Trinajstić information content (AvgIpc) is 3.33. The van der Waals surface area contributed by atoms with E-state index < -0.39 is 0 Å². The second-order valence-electron chi connectivity index (χ2n) is 7.47. The van der Waals surface area contributed by atoms with Gasteiger partial charge in [-0.05, 0) is 56.9 Å². The van der Waals surface area contributed by atoms with Crippen molar-refractivity contribution in [1.82, 2.24) is 5.32 Å². The molecule has 1 N–H and O–H groups in total. The zero-order chi connectivity index (χ0) is 14.7. The largest absolute Gasteiger partial charge is 0.380 e. The summed E-state index contributed by atoms with van der Waals surface area (Å²) in [7, 11) is 1.91. The molecule has 3 rings (SSSR count). The Morgan fingerprint density at radius 1 is 1.14 bits per heavy atom. The van der Waals surface area contributed by atoms with Crippen molar-refractivity contribution >= 4 is 0 Å². The molecular formula is C18H33NO2. The van der Waals surface area contributed by atoms with Crippen LogP contribution >= 0.6 is 0 Å². The maximum Gasteiger partial charge on any atom is 0.0755 e. The van der Waals surface area contributed by atoms with Crippen LogP contribution in [0, 0.1) is 11.8 Å². The van der Waals surface area contributed by atoms with Crippen molar-refractivity contribution in [3.63, 3.8) is 0 Å². The molecule has 122 valence electrons. The van der Waals surface area contributed by atoms with Gasteiger partial charge in [-0.3, -0.25) is 0 Å². The molecule has 0 aromatic carbocycles. The maximum atomic E-state index is 6.29. The molecule has 1 heterocycles. The zero-order valence-corrected chi connectivity index (χ0v) is 13.9. The van der Waals surface area contributed by atoms with Gasteiger partial charge in [0.15, 0.2) is 0 Å². The van der Waals surface area contributed by atoms with Crippen molar-refractivity contribution in [2.75, 3.05) is 20.3 Å². The molecule has 3 unspecified atom stereocenters. The topological polar surface area (TPSA) is 30.5 Å². The van der Waals surface area contributed by atoms with Gasteiger partial charge in [0.05, 0.1) is 11.7 Å². The number of nitrogens with one attached hydrogen (secondary N) is 1. The van der Waals surface area contributed by atoms with Crippen molar-refractivity contribution < 1.29 is 9.47 Å². The molecule has 0 bridgehead atoms. The van der Waals surface area contributed by atoms with Gasteiger partial charge >= 0.3 is 0 Å². The first-order valence-electron chi connectivity index (χ1n) is 9.18. The van der Waals surface area contributed by atoms with Crippen LogP contribution in [0.25, 0.3) is 0 Å². The third-order valence-electron chi connectivity index (χ3n) is 5.96. The van der Waals surface area contributed by atoms with E-state index in [1.54, 1.807) is 0 Å². The maximum absolute atomic E-state index is 6.29. The summed E-state index contributed by atoms with van der Waals surface area (Å²) in [6.07, 6.45) is 12.2. The van der Waals surface area contributed by atoms with Crippen LogP contribution in [0.3, 0.4) is 0 Å². The Labute approximate surface area is 130 Å². The fourth-order valence-electron chi connectivity index (χ4n) is 4.76. The minimum Gasteiger partial charge on any atom is -0.380 e. The Morgan fingerprint density at radius 3 is 2.52 bits per heavy atom. The summed E-state index contributed by atoms with van der Waals surface area (Å²) >= 11 is 0. The Kier molecular flexibility index (Phi) is 5.23. The molecule has 1 saturated heterocycles. The fraction of sp³-hybridized carbons (Fsp3) is 1.00. The molecule has 1 spiro atoms. The Hall–Kier alpha value is -0.120. The van der Waals surface area contributed by atoms with E-state index in [4.69, 9.17) is 9.47 Å². The molecule has 3 fully saturated rings. The average molecular weight is 295 g/mol. The number of ether oxygens (including phenoxy) is 2. The molecule has 3 atom stereocenters. The van der Waals surface area contributed by atoms with Crippen molar-refractivity contribution in [3.05, 3.63) is 0 Å². The van der Waals surface area contributed by atoms with E-state index in [2.05, 4.69) is 12.2 Å². The summed E-state index contributed by atoms with van der Waals surface area (Å²) in [5.74, 6) is 1.52. The summed E-state index contributed by atoms with van der Waals surface area (Å²) in [6, 6.07) is 0.523. The predicted molar refractivity (Wildman–Crippen MR) is 85.5 cm³/mol. The van der Waals surface area contributed by atoms with Gasteiger partial charge in [-0.25, -0.2) is 0 Å². The molecule has 0 aromatic heterocycles. The van der Waals surface area contributed by atoms with Crippen LogP contribution in [0.5, 0.6) is 0 Å². The molecule has 21 heavy (non-hydrogen) atoms. The van der Waals surface area contributed by atoms with E-state index in [0.29, 0.717) is 12.1 Å². The highest BCUT2D eigenvalue weighted by Gasteiger charge is 2.45. The first-order chi connectivity index (χ1) is 10.3. The molecule has 0 aromatic rings. The summed E-state index contributed by atoms with van der Waals surface area (Å²) < 4.78 is 12.2. The third-order valence-corrected chi connectivity index (χ3v) is 5.96. The van der Waals surface area contributed by atoms with Gasteiger partial charge in [0, 0.05) is 19.8 Å². The van der Waals surface area contributed by atoms with E-state index in [1.165, 1.54) is 57.8 Å². The zero-order valence-electron chi connectivity index (χ0n) is 13.9. The monoisotopic (exact) mass is 295 g/mol. The number of rotatable bonds is 6. The van der Waals surface area contributed by atoms with E-state index in [-0.39, 0.29) is 5.60 Å². The second kappa shape index (κ2) is 6.97. The lowest BCUT2D eigenvalue weighted by atomic mass is 9.73. The Balaban J connectivity index is 1.68. The smallest absolute Gasteiger partial charge is 0.0755 e. The predicted octanol–water partition coefficient (Wildman–Crippen LogP) is 3.52. The number of methoxy groups -OCH3 is 1. The first-order valence-corrected chi connectivity index (χ1v) is 9.18. The Morgan fingerprint density at radius 2 is 1.90 bits per heavy atom. The van der Waals surface area contributed by atoms with E-state index >= 15 is 0 Å². The number of hydrogen-bond donors (Lipinski definition) is 1. The van der Waals surface area contributed by atoms with Gasteiger partial charge in [-0.1, -0.05) is 26.2 Å². The highest BCUT2D eigenvalue weighted by molar-refractivity contribution is 4.98. The molecule has 2 saturated carbocycles. The molecule has 1 aliphatic heterocycles. The summed E-state index contributed by atoms with van der Waals surface area (Å²) in [6.45, 7) is 4.22. The number of likely N-dealkylation sites (N-methyl/N-ethyl adjacent to an activating group) is 1. The van der Waals surface area contributed by atoms with Crippen molar-refractivity contribution in [2.45, 2.75) is 82.5 Å².